The standard InChI is InChI=1S/C27H27N7O2S/c1-32(2)37-34-13-12-28-26(34)18-33(20-14-21(35-3)16-22(15-20)36-4)25-11-10-23-27(31-25)30-24(17-29-23)19-8-6-5-7-9-19/h5-17H,18H2,1-4H3. The van der Waals surface area contributed by atoms with Crippen LogP contribution in [0.2, 0.25) is 0 Å². The number of aromatic nitrogens is 5. The Balaban J connectivity index is 1.61. The van der Waals surface area contributed by atoms with Crippen LogP contribution in [0.25, 0.3) is 22.4 Å². The van der Waals surface area contributed by atoms with Crippen LogP contribution in [-0.4, -0.2) is 56.5 Å². The molecule has 0 saturated carbocycles. The van der Waals surface area contributed by atoms with Crippen molar-refractivity contribution in [3.8, 4) is 22.8 Å². The molecule has 2 aromatic carbocycles. The topological polar surface area (TPSA) is 81.4 Å². The molecule has 0 unspecified atom stereocenters. The largest absolute Gasteiger partial charge is 0.497 e. The Hall–Kier alpha value is -4.15. The molecule has 5 rings (SSSR count). The molecule has 0 aliphatic heterocycles. The molecular formula is C27H27N7O2S. The lowest BCUT2D eigenvalue weighted by Gasteiger charge is -2.25. The van der Waals surface area contributed by atoms with E-state index in [4.69, 9.17) is 19.4 Å². The van der Waals surface area contributed by atoms with Crippen LogP contribution in [0, 0.1) is 0 Å². The Morgan fingerprint density at radius 2 is 1.65 bits per heavy atom. The first kappa shape index (κ1) is 24.5. The van der Waals surface area contributed by atoms with Gasteiger partial charge in [0.2, 0.25) is 0 Å². The van der Waals surface area contributed by atoms with Gasteiger partial charge in [-0.1, -0.05) is 30.3 Å². The lowest BCUT2D eigenvalue weighted by atomic mass is 10.2. The molecule has 0 amide bonds. The van der Waals surface area contributed by atoms with Crippen LogP contribution in [0.3, 0.4) is 0 Å². The van der Waals surface area contributed by atoms with E-state index in [1.807, 2.05) is 89.2 Å². The van der Waals surface area contributed by atoms with E-state index in [0.29, 0.717) is 29.5 Å². The van der Waals surface area contributed by atoms with Crippen molar-refractivity contribution < 1.29 is 9.47 Å². The molecule has 3 heterocycles. The van der Waals surface area contributed by atoms with Crippen LogP contribution in [-0.2, 0) is 6.54 Å². The molecule has 0 atom stereocenters. The summed E-state index contributed by atoms with van der Waals surface area (Å²) in [6.45, 7) is 0.453. The van der Waals surface area contributed by atoms with Gasteiger partial charge in [0, 0.05) is 48.3 Å². The molecule has 0 spiro atoms. The lowest BCUT2D eigenvalue weighted by Crippen LogP contribution is -2.21. The van der Waals surface area contributed by atoms with E-state index in [0.717, 1.165) is 28.3 Å². The van der Waals surface area contributed by atoms with Gasteiger partial charge in [-0.3, -0.25) is 8.96 Å². The quantitative estimate of drug-likeness (QED) is 0.247. The van der Waals surface area contributed by atoms with Crippen LogP contribution in [0.1, 0.15) is 5.82 Å². The number of hydrogen-bond donors (Lipinski definition) is 0. The second-order valence-electron chi connectivity index (χ2n) is 8.35. The molecule has 37 heavy (non-hydrogen) atoms. The van der Waals surface area contributed by atoms with E-state index in [-0.39, 0.29) is 0 Å². The van der Waals surface area contributed by atoms with Gasteiger partial charge in [0.05, 0.1) is 38.3 Å². The summed E-state index contributed by atoms with van der Waals surface area (Å²) in [6, 6.07) is 19.6. The average molecular weight is 514 g/mol. The fourth-order valence-electron chi connectivity index (χ4n) is 3.86. The molecule has 10 heteroatoms. The molecule has 0 saturated heterocycles. The third-order valence-corrected chi connectivity index (χ3v) is 6.45. The summed E-state index contributed by atoms with van der Waals surface area (Å²) in [4.78, 5) is 21.0. The number of nitrogens with zero attached hydrogens (tertiary/aromatic N) is 7. The van der Waals surface area contributed by atoms with E-state index in [1.54, 1.807) is 38.7 Å². The maximum absolute atomic E-state index is 5.55. The van der Waals surface area contributed by atoms with Crippen LogP contribution in [0.5, 0.6) is 11.5 Å². The summed E-state index contributed by atoms with van der Waals surface area (Å²) in [5.74, 6) is 2.91. The predicted molar refractivity (Wildman–Crippen MR) is 147 cm³/mol. The second-order valence-corrected chi connectivity index (χ2v) is 9.64. The smallest absolute Gasteiger partial charge is 0.180 e. The number of anilines is 2. The molecular weight excluding hydrogens is 486 g/mol. The Labute approximate surface area is 220 Å². The highest BCUT2D eigenvalue weighted by Gasteiger charge is 2.19. The van der Waals surface area contributed by atoms with Crippen molar-refractivity contribution in [3.63, 3.8) is 0 Å². The highest BCUT2D eigenvalue weighted by Crippen LogP contribution is 2.34. The maximum Gasteiger partial charge on any atom is 0.180 e. The number of fused-ring (bicyclic) bond motifs is 1. The molecule has 0 bridgehead atoms. The second kappa shape index (κ2) is 10.9. The SMILES string of the molecule is COc1cc(OC)cc(N(Cc2nccn2SN(C)C)c2ccc3ncc(-c4ccccc4)nc3n2)c1. The summed E-state index contributed by atoms with van der Waals surface area (Å²) >= 11 is 1.55. The van der Waals surface area contributed by atoms with Crippen molar-refractivity contribution in [2.75, 3.05) is 33.2 Å². The zero-order valence-corrected chi connectivity index (χ0v) is 21.9. The molecule has 0 radical (unpaired) electrons. The van der Waals surface area contributed by atoms with Crippen LogP contribution in [0.4, 0.5) is 11.5 Å². The van der Waals surface area contributed by atoms with Gasteiger partial charge in [-0.05, 0) is 26.2 Å². The Kier molecular flexibility index (Phi) is 7.20. The molecule has 9 nitrogen and oxygen atoms in total. The number of pyridine rings is 1. The van der Waals surface area contributed by atoms with Gasteiger partial charge in [0.15, 0.2) is 5.65 Å². The van der Waals surface area contributed by atoms with Gasteiger partial charge in [0.1, 0.15) is 28.7 Å². The number of methoxy groups -OCH3 is 2. The van der Waals surface area contributed by atoms with Gasteiger partial charge >= 0.3 is 0 Å². The molecule has 3 aromatic heterocycles. The zero-order valence-electron chi connectivity index (χ0n) is 21.1. The first-order valence-electron chi connectivity index (χ1n) is 11.6. The summed E-state index contributed by atoms with van der Waals surface area (Å²) < 4.78 is 15.1. The first-order valence-corrected chi connectivity index (χ1v) is 12.3. The fraction of sp³-hybridized carbons (Fsp3) is 0.185. The Morgan fingerprint density at radius 3 is 2.35 bits per heavy atom. The Bertz CT molecular complexity index is 1490. The molecule has 0 fully saturated rings. The van der Waals surface area contributed by atoms with Gasteiger partial charge in [-0.15, -0.1) is 0 Å². The maximum atomic E-state index is 5.55. The van der Waals surface area contributed by atoms with Gasteiger partial charge < -0.3 is 14.4 Å². The molecule has 5 aromatic rings. The van der Waals surface area contributed by atoms with Crippen molar-refractivity contribution in [3.05, 3.63) is 85.1 Å². The van der Waals surface area contributed by atoms with Crippen molar-refractivity contribution in [1.82, 2.24) is 28.2 Å². The third kappa shape index (κ3) is 5.50. The van der Waals surface area contributed by atoms with Crippen molar-refractivity contribution in [1.29, 1.82) is 0 Å². The van der Waals surface area contributed by atoms with Gasteiger partial charge in [0.25, 0.3) is 0 Å². The number of benzene rings is 2. The molecule has 0 N–H and O–H groups in total. The van der Waals surface area contributed by atoms with E-state index in [2.05, 4.69) is 14.9 Å². The van der Waals surface area contributed by atoms with Gasteiger partial charge in [-0.25, -0.2) is 19.3 Å². The molecule has 0 aliphatic carbocycles. The van der Waals surface area contributed by atoms with E-state index < -0.39 is 0 Å². The van der Waals surface area contributed by atoms with Crippen molar-refractivity contribution in [2.45, 2.75) is 6.54 Å². The minimum atomic E-state index is 0.453. The molecule has 0 aliphatic rings. The normalized spacial score (nSPS) is 11.2. The van der Waals surface area contributed by atoms with Crippen molar-refractivity contribution in [2.24, 2.45) is 0 Å². The Morgan fingerprint density at radius 1 is 0.892 bits per heavy atom. The van der Waals surface area contributed by atoms with Crippen LogP contribution < -0.4 is 14.4 Å². The number of hydrogen-bond acceptors (Lipinski definition) is 9. The van der Waals surface area contributed by atoms with Gasteiger partial charge in [-0.2, -0.15) is 0 Å². The summed E-state index contributed by atoms with van der Waals surface area (Å²) in [6.07, 6.45) is 5.51. The van der Waals surface area contributed by atoms with Crippen LogP contribution in [0.15, 0.2) is 79.3 Å². The minimum absolute atomic E-state index is 0.453. The number of imidazole rings is 1. The van der Waals surface area contributed by atoms with Crippen molar-refractivity contribution >= 4 is 34.8 Å². The predicted octanol–water partition coefficient (Wildman–Crippen LogP) is 5.22. The zero-order chi connectivity index (χ0) is 25.8. The monoisotopic (exact) mass is 513 g/mol. The third-order valence-electron chi connectivity index (χ3n) is 5.62. The van der Waals surface area contributed by atoms with E-state index >= 15 is 0 Å². The van der Waals surface area contributed by atoms with E-state index in [1.165, 1.54) is 0 Å². The highest BCUT2D eigenvalue weighted by atomic mass is 32.2. The average Bonchev–Trinajstić information content (AvgIpc) is 3.36. The highest BCUT2D eigenvalue weighted by molar-refractivity contribution is 7.95. The number of ether oxygens (including phenoxy) is 2. The van der Waals surface area contributed by atoms with E-state index in [9.17, 15) is 0 Å². The number of rotatable bonds is 9. The summed E-state index contributed by atoms with van der Waals surface area (Å²) in [5, 5.41) is 0. The summed E-state index contributed by atoms with van der Waals surface area (Å²) in [5.41, 5.74) is 3.88. The van der Waals surface area contributed by atoms with Crippen LogP contribution >= 0.6 is 12.1 Å². The first-order chi connectivity index (χ1) is 18.0. The fourth-order valence-corrected chi connectivity index (χ4v) is 4.52. The molecule has 188 valence electrons. The lowest BCUT2D eigenvalue weighted by molar-refractivity contribution is 0.394. The minimum Gasteiger partial charge on any atom is -0.497 e. The summed E-state index contributed by atoms with van der Waals surface area (Å²) in [7, 11) is 7.26.